The lowest BCUT2D eigenvalue weighted by atomic mass is 9.98. The van der Waals surface area contributed by atoms with E-state index in [0.717, 1.165) is 17.5 Å². The highest BCUT2D eigenvalue weighted by molar-refractivity contribution is 5.95. The molecule has 2 aliphatic heterocycles. The summed E-state index contributed by atoms with van der Waals surface area (Å²) < 4.78 is 11.1. The average Bonchev–Trinajstić information content (AvgIpc) is 3.17. The molecule has 1 amide bonds. The maximum Gasteiger partial charge on any atom is 0.413 e. The Morgan fingerprint density at radius 3 is 2.71 bits per heavy atom. The summed E-state index contributed by atoms with van der Waals surface area (Å²) in [5, 5.41) is 0. The minimum atomic E-state index is -1.01. The van der Waals surface area contributed by atoms with Gasteiger partial charge in [-0.3, -0.25) is 4.90 Å². The van der Waals surface area contributed by atoms with E-state index in [4.69, 9.17) is 9.47 Å². The third-order valence-electron chi connectivity index (χ3n) is 4.59. The number of nitrogens with zero attached hydrogens (tertiary/aromatic N) is 1. The highest BCUT2D eigenvalue weighted by Crippen LogP contribution is 2.46. The van der Waals surface area contributed by atoms with Crippen LogP contribution in [-0.4, -0.2) is 23.5 Å². The Hall–Kier alpha value is -2.82. The van der Waals surface area contributed by atoms with Gasteiger partial charge in [-0.1, -0.05) is 48.5 Å². The summed E-state index contributed by atoms with van der Waals surface area (Å²) in [5.74, 6) is -0.381. The van der Waals surface area contributed by atoms with Gasteiger partial charge >= 0.3 is 12.1 Å². The first-order valence-electron chi connectivity index (χ1n) is 8.02. The summed E-state index contributed by atoms with van der Waals surface area (Å²) in [6, 6.07) is 16.7. The Bertz CT molecular complexity index is 789. The number of carbonyl (C=O) groups is 2. The summed E-state index contributed by atoms with van der Waals surface area (Å²) in [6.07, 6.45) is 0.902. The van der Waals surface area contributed by atoms with Gasteiger partial charge in [0, 0.05) is 18.5 Å². The fraction of sp³-hybridized carbons (Fsp3) is 0.263. The van der Waals surface area contributed by atoms with Gasteiger partial charge in [-0.25, -0.2) is 9.59 Å². The molecular weight excluding hydrogens is 306 g/mol. The Morgan fingerprint density at radius 1 is 1.12 bits per heavy atom. The number of ether oxygens (including phenoxy) is 2. The normalized spacial score (nSPS) is 21.7. The second-order valence-corrected chi connectivity index (χ2v) is 6.01. The van der Waals surface area contributed by atoms with Crippen LogP contribution in [0.15, 0.2) is 54.6 Å². The molecule has 1 atom stereocenters. The van der Waals surface area contributed by atoms with Crippen LogP contribution in [0.4, 0.5) is 4.79 Å². The number of likely N-dealkylation sites (tertiary alicyclic amines) is 1. The van der Waals surface area contributed by atoms with Gasteiger partial charge in [0.2, 0.25) is 5.72 Å². The van der Waals surface area contributed by atoms with E-state index in [1.165, 1.54) is 0 Å². The molecule has 5 nitrogen and oxygen atoms in total. The van der Waals surface area contributed by atoms with Gasteiger partial charge in [0.15, 0.2) is 0 Å². The summed E-state index contributed by atoms with van der Waals surface area (Å²) in [5.41, 5.74) is 1.19. The van der Waals surface area contributed by atoms with E-state index in [2.05, 4.69) is 0 Å². The SMILES string of the molecule is O=C1OC2(CCCN2C(=O)OCc2ccccc2)c2ccccc21. The van der Waals surface area contributed by atoms with Crippen molar-refractivity contribution >= 4 is 12.1 Å². The molecule has 2 aliphatic rings. The first-order valence-corrected chi connectivity index (χ1v) is 8.02. The fourth-order valence-electron chi connectivity index (χ4n) is 3.48. The molecule has 0 aliphatic carbocycles. The van der Waals surface area contributed by atoms with Crippen molar-refractivity contribution in [2.24, 2.45) is 0 Å². The van der Waals surface area contributed by atoms with E-state index >= 15 is 0 Å². The monoisotopic (exact) mass is 323 g/mol. The number of amides is 1. The van der Waals surface area contributed by atoms with E-state index < -0.39 is 11.8 Å². The molecular formula is C19H17NO4. The molecule has 0 N–H and O–H groups in total. The van der Waals surface area contributed by atoms with Crippen molar-refractivity contribution in [3.8, 4) is 0 Å². The molecule has 1 spiro atoms. The van der Waals surface area contributed by atoms with Gasteiger partial charge < -0.3 is 9.47 Å². The number of esters is 1. The second-order valence-electron chi connectivity index (χ2n) is 6.01. The predicted molar refractivity (Wildman–Crippen MR) is 86.1 cm³/mol. The molecule has 122 valence electrons. The first-order chi connectivity index (χ1) is 11.7. The summed E-state index contributed by atoms with van der Waals surface area (Å²) in [7, 11) is 0. The van der Waals surface area contributed by atoms with Crippen LogP contribution in [0, 0.1) is 0 Å². The lowest BCUT2D eigenvalue weighted by Crippen LogP contribution is -2.45. The van der Waals surface area contributed by atoms with Crippen molar-refractivity contribution in [3.05, 3.63) is 71.3 Å². The molecule has 2 heterocycles. The number of fused-ring (bicyclic) bond motifs is 2. The van der Waals surface area contributed by atoms with Gasteiger partial charge in [-0.2, -0.15) is 0 Å². The number of carbonyl (C=O) groups excluding carboxylic acids is 2. The number of benzene rings is 2. The fourth-order valence-corrected chi connectivity index (χ4v) is 3.48. The zero-order valence-electron chi connectivity index (χ0n) is 13.1. The van der Waals surface area contributed by atoms with Crippen LogP contribution in [0.25, 0.3) is 0 Å². The summed E-state index contributed by atoms with van der Waals surface area (Å²) >= 11 is 0. The van der Waals surface area contributed by atoms with Crippen molar-refractivity contribution in [2.75, 3.05) is 6.54 Å². The quantitative estimate of drug-likeness (QED) is 0.794. The maximum absolute atomic E-state index is 12.6. The molecule has 1 fully saturated rings. The largest absolute Gasteiger partial charge is 0.444 e. The second kappa shape index (κ2) is 5.67. The van der Waals surface area contributed by atoms with Crippen LogP contribution in [0.5, 0.6) is 0 Å². The van der Waals surface area contributed by atoms with E-state index in [1.54, 1.807) is 17.0 Å². The van der Waals surface area contributed by atoms with Crippen LogP contribution in [0.1, 0.15) is 34.3 Å². The Kier molecular flexibility index (Phi) is 3.49. The lowest BCUT2D eigenvalue weighted by molar-refractivity contribution is -0.0830. The van der Waals surface area contributed by atoms with Crippen molar-refractivity contribution in [1.82, 2.24) is 4.90 Å². The van der Waals surface area contributed by atoms with Crippen LogP contribution >= 0.6 is 0 Å². The number of hydrogen-bond donors (Lipinski definition) is 0. The molecule has 0 aromatic heterocycles. The van der Waals surface area contributed by atoms with Crippen LogP contribution in [0.2, 0.25) is 0 Å². The van der Waals surface area contributed by atoms with Crippen molar-refractivity contribution in [2.45, 2.75) is 25.2 Å². The third kappa shape index (κ3) is 2.24. The molecule has 2 aromatic rings. The Morgan fingerprint density at radius 2 is 1.88 bits per heavy atom. The molecule has 0 bridgehead atoms. The molecule has 2 aromatic carbocycles. The minimum absolute atomic E-state index is 0.196. The lowest BCUT2D eigenvalue weighted by Gasteiger charge is -2.33. The average molecular weight is 323 g/mol. The highest BCUT2D eigenvalue weighted by Gasteiger charge is 2.54. The summed E-state index contributed by atoms with van der Waals surface area (Å²) in [4.78, 5) is 26.3. The standard InChI is InChI=1S/C19H17NO4/c21-17-15-9-4-5-10-16(15)19(24-17)11-6-12-20(19)18(22)23-13-14-7-2-1-3-8-14/h1-5,7-10H,6,11-13H2. The van der Waals surface area contributed by atoms with Crippen LogP contribution < -0.4 is 0 Å². The molecule has 4 rings (SSSR count). The van der Waals surface area contributed by atoms with Gasteiger partial charge in [0.05, 0.1) is 5.56 Å². The molecule has 0 radical (unpaired) electrons. The van der Waals surface area contributed by atoms with Crippen LogP contribution in [0.3, 0.4) is 0 Å². The maximum atomic E-state index is 12.6. The van der Waals surface area contributed by atoms with E-state index in [9.17, 15) is 9.59 Å². The smallest absolute Gasteiger partial charge is 0.413 e. The number of rotatable bonds is 2. The van der Waals surface area contributed by atoms with Gasteiger partial charge in [0.25, 0.3) is 0 Å². The molecule has 1 saturated heterocycles. The Labute approximate surface area is 139 Å². The van der Waals surface area contributed by atoms with Crippen molar-refractivity contribution < 1.29 is 19.1 Å². The number of hydrogen-bond acceptors (Lipinski definition) is 4. The molecule has 1 unspecified atom stereocenters. The first kappa shape index (κ1) is 14.8. The molecule has 24 heavy (non-hydrogen) atoms. The van der Waals surface area contributed by atoms with Crippen molar-refractivity contribution in [3.63, 3.8) is 0 Å². The van der Waals surface area contributed by atoms with Crippen LogP contribution in [-0.2, 0) is 21.8 Å². The van der Waals surface area contributed by atoms with E-state index in [1.807, 2.05) is 42.5 Å². The molecule has 0 saturated carbocycles. The van der Waals surface area contributed by atoms with E-state index in [0.29, 0.717) is 18.5 Å². The molecule has 5 heteroatoms. The predicted octanol–water partition coefficient (Wildman–Crippen LogP) is 3.44. The minimum Gasteiger partial charge on any atom is -0.444 e. The van der Waals surface area contributed by atoms with Gasteiger partial charge in [-0.05, 0) is 18.1 Å². The Balaban J connectivity index is 1.57. The zero-order valence-corrected chi connectivity index (χ0v) is 13.1. The van der Waals surface area contributed by atoms with Gasteiger partial charge in [-0.15, -0.1) is 0 Å². The highest BCUT2D eigenvalue weighted by atomic mass is 16.6. The van der Waals surface area contributed by atoms with E-state index in [-0.39, 0.29) is 12.6 Å². The third-order valence-corrected chi connectivity index (χ3v) is 4.59. The summed E-state index contributed by atoms with van der Waals surface area (Å²) in [6.45, 7) is 0.705. The zero-order chi connectivity index (χ0) is 16.6. The van der Waals surface area contributed by atoms with Crippen molar-refractivity contribution in [1.29, 1.82) is 0 Å². The van der Waals surface area contributed by atoms with Gasteiger partial charge in [0.1, 0.15) is 6.61 Å². The topological polar surface area (TPSA) is 55.8 Å².